The molecule has 1 saturated carbocycles. The lowest BCUT2D eigenvalue weighted by molar-refractivity contribution is 0.0940. The molecule has 2 aliphatic rings. The summed E-state index contributed by atoms with van der Waals surface area (Å²) in [5.41, 5.74) is 0.492. The number of rotatable bonds is 5. The first kappa shape index (κ1) is 21.2. The van der Waals surface area contributed by atoms with E-state index in [0.29, 0.717) is 5.56 Å². The Balaban J connectivity index is 0.00000243. The number of hydrogen-bond acceptors (Lipinski definition) is 4. The van der Waals surface area contributed by atoms with Crippen molar-refractivity contribution in [1.82, 2.24) is 14.9 Å². The highest BCUT2D eigenvalue weighted by atomic mass is 35.5. The summed E-state index contributed by atoms with van der Waals surface area (Å²) in [5.74, 6) is -0.154. The number of nitrogens with one attached hydrogen (secondary N) is 2. The van der Waals surface area contributed by atoms with Gasteiger partial charge in [0.2, 0.25) is 10.0 Å². The Morgan fingerprint density at radius 2 is 1.77 bits per heavy atom. The average Bonchev–Trinajstić information content (AvgIpc) is 3.15. The minimum atomic E-state index is -3.51. The molecule has 1 unspecified atom stereocenters. The molecule has 0 radical (unpaired) electrons. The predicted molar refractivity (Wildman–Crippen MR) is 104 cm³/mol. The fourth-order valence-corrected chi connectivity index (χ4v) is 5.05. The van der Waals surface area contributed by atoms with Crippen molar-refractivity contribution < 1.29 is 13.2 Å². The van der Waals surface area contributed by atoms with Crippen LogP contribution in [0.5, 0.6) is 0 Å². The molecule has 2 fully saturated rings. The molecule has 1 aromatic carbocycles. The Kier molecular flexibility index (Phi) is 7.46. The van der Waals surface area contributed by atoms with Crippen LogP contribution in [-0.4, -0.2) is 50.9 Å². The molecule has 0 spiro atoms. The van der Waals surface area contributed by atoms with Gasteiger partial charge in [-0.3, -0.25) is 4.79 Å². The third-order valence-electron chi connectivity index (χ3n) is 5.28. The van der Waals surface area contributed by atoms with Gasteiger partial charge < -0.3 is 10.6 Å². The van der Waals surface area contributed by atoms with Crippen LogP contribution in [0.2, 0.25) is 0 Å². The third-order valence-corrected chi connectivity index (χ3v) is 7.20. The number of carbonyl (C=O) groups excluding carboxylic acids is 1. The molecule has 1 amide bonds. The minimum Gasteiger partial charge on any atom is -0.348 e. The molecule has 0 aromatic heterocycles. The zero-order valence-corrected chi connectivity index (χ0v) is 16.7. The van der Waals surface area contributed by atoms with E-state index >= 15 is 0 Å². The summed E-state index contributed by atoms with van der Waals surface area (Å²) < 4.78 is 27.1. The highest BCUT2D eigenvalue weighted by molar-refractivity contribution is 7.89. The molecule has 0 bridgehead atoms. The summed E-state index contributed by atoms with van der Waals surface area (Å²) in [5, 5.41) is 6.17. The van der Waals surface area contributed by atoms with Crippen LogP contribution in [0.1, 0.15) is 48.9 Å². The molecule has 1 aromatic rings. The maximum atomic E-state index is 12.8. The lowest BCUT2D eigenvalue weighted by Gasteiger charge is -2.30. The summed E-state index contributed by atoms with van der Waals surface area (Å²) in [4.78, 5) is 12.5. The van der Waals surface area contributed by atoms with Crippen LogP contribution in [0, 0.1) is 0 Å². The van der Waals surface area contributed by atoms with E-state index in [1.165, 1.54) is 22.9 Å². The quantitative estimate of drug-likeness (QED) is 0.792. The first-order valence-electron chi connectivity index (χ1n) is 9.08. The second-order valence-electron chi connectivity index (χ2n) is 7.00. The van der Waals surface area contributed by atoms with Crippen molar-refractivity contribution in [2.45, 2.75) is 55.5 Å². The molecule has 3 rings (SSSR count). The van der Waals surface area contributed by atoms with Crippen molar-refractivity contribution in [2.75, 3.05) is 20.1 Å². The Hall–Kier alpha value is -1.15. The van der Waals surface area contributed by atoms with Crippen LogP contribution in [0.4, 0.5) is 0 Å². The molecular weight excluding hydrogens is 374 g/mol. The summed E-state index contributed by atoms with van der Waals surface area (Å²) in [7, 11) is -1.85. The number of benzene rings is 1. The molecule has 1 aliphatic carbocycles. The number of carbonyl (C=O) groups is 1. The fourth-order valence-electron chi connectivity index (χ4n) is 3.63. The van der Waals surface area contributed by atoms with Crippen LogP contribution >= 0.6 is 12.4 Å². The van der Waals surface area contributed by atoms with E-state index in [0.717, 1.165) is 45.2 Å². The van der Waals surface area contributed by atoms with Crippen LogP contribution in [0.3, 0.4) is 0 Å². The van der Waals surface area contributed by atoms with E-state index in [1.54, 1.807) is 19.2 Å². The molecule has 1 saturated heterocycles. The Morgan fingerprint density at radius 1 is 1.12 bits per heavy atom. The van der Waals surface area contributed by atoms with Crippen molar-refractivity contribution in [3.63, 3.8) is 0 Å². The van der Waals surface area contributed by atoms with Crippen molar-refractivity contribution in [3.05, 3.63) is 29.8 Å². The summed E-state index contributed by atoms with van der Waals surface area (Å²) >= 11 is 0. The maximum Gasteiger partial charge on any atom is 0.251 e. The normalized spacial score (nSPS) is 21.4. The van der Waals surface area contributed by atoms with Gasteiger partial charge in [0.1, 0.15) is 0 Å². The van der Waals surface area contributed by atoms with Gasteiger partial charge >= 0.3 is 0 Å². The van der Waals surface area contributed by atoms with Gasteiger partial charge in [-0.05, 0) is 50.1 Å². The summed E-state index contributed by atoms with van der Waals surface area (Å²) in [6.45, 7) is 1.69. The van der Waals surface area contributed by atoms with E-state index in [9.17, 15) is 13.2 Å². The van der Waals surface area contributed by atoms with Gasteiger partial charge in [-0.1, -0.05) is 19.3 Å². The van der Waals surface area contributed by atoms with Gasteiger partial charge in [0.05, 0.1) is 4.90 Å². The van der Waals surface area contributed by atoms with Crippen LogP contribution in [-0.2, 0) is 10.0 Å². The number of hydrogen-bond donors (Lipinski definition) is 2. The zero-order chi connectivity index (χ0) is 17.9. The molecular formula is C18H28ClN3O3S. The SMILES string of the molecule is CN(C1CCCCC1)S(=O)(=O)c1ccc(C(=O)NC2CCNC2)cc1.Cl. The summed E-state index contributed by atoms with van der Waals surface area (Å²) in [6, 6.07) is 6.50. The Labute approximate surface area is 162 Å². The largest absolute Gasteiger partial charge is 0.348 e. The number of sulfonamides is 1. The second-order valence-corrected chi connectivity index (χ2v) is 9.00. The third kappa shape index (κ3) is 4.76. The highest BCUT2D eigenvalue weighted by Gasteiger charge is 2.29. The molecule has 6 nitrogen and oxygen atoms in total. The molecule has 8 heteroatoms. The number of halogens is 1. The van der Waals surface area contributed by atoms with Crippen molar-refractivity contribution >= 4 is 28.3 Å². The van der Waals surface area contributed by atoms with Crippen molar-refractivity contribution in [2.24, 2.45) is 0 Å². The second kappa shape index (κ2) is 9.17. The smallest absolute Gasteiger partial charge is 0.251 e. The fraction of sp³-hybridized carbons (Fsp3) is 0.611. The van der Waals surface area contributed by atoms with Crippen LogP contribution in [0.25, 0.3) is 0 Å². The van der Waals surface area contributed by atoms with E-state index in [2.05, 4.69) is 10.6 Å². The standard InChI is InChI=1S/C18H27N3O3S.ClH/c1-21(16-5-3-2-4-6-16)25(23,24)17-9-7-14(8-10-17)18(22)20-15-11-12-19-13-15;/h7-10,15-16,19H,2-6,11-13H2,1H3,(H,20,22);1H. The van der Waals surface area contributed by atoms with Crippen molar-refractivity contribution in [1.29, 1.82) is 0 Å². The van der Waals surface area contributed by atoms with E-state index in [1.807, 2.05) is 0 Å². The van der Waals surface area contributed by atoms with Crippen molar-refractivity contribution in [3.8, 4) is 0 Å². The van der Waals surface area contributed by atoms with E-state index < -0.39 is 10.0 Å². The lowest BCUT2D eigenvalue weighted by atomic mass is 9.96. The zero-order valence-electron chi connectivity index (χ0n) is 15.1. The number of amides is 1. The Morgan fingerprint density at radius 3 is 2.35 bits per heavy atom. The topological polar surface area (TPSA) is 78.5 Å². The number of nitrogens with zero attached hydrogens (tertiary/aromatic N) is 1. The Bertz CT molecular complexity index is 697. The predicted octanol–water partition coefficient (Wildman–Crippen LogP) is 2.15. The van der Waals surface area contributed by atoms with Gasteiger partial charge in [-0.25, -0.2) is 8.42 Å². The molecule has 1 atom stereocenters. The maximum absolute atomic E-state index is 12.8. The van der Waals surface area contributed by atoms with Gasteiger partial charge in [0.25, 0.3) is 5.91 Å². The molecule has 2 N–H and O–H groups in total. The molecule has 146 valence electrons. The van der Waals surface area contributed by atoms with Gasteiger partial charge in [-0.15, -0.1) is 12.4 Å². The first-order chi connectivity index (χ1) is 12.0. The lowest BCUT2D eigenvalue weighted by Crippen LogP contribution is -2.38. The van der Waals surface area contributed by atoms with Crippen LogP contribution < -0.4 is 10.6 Å². The average molecular weight is 402 g/mol. The molecule has 1 heterocycles. The van der Waals surface area contributed by atoms with Gasteiger partial charge in [0.15, 0.2) is 0 Å². The van der Waals surface area contributed by atoms with Gasteiger partial charge in [0, 0.05) is 31.2 Å². The highest BCUT2D eigenvalue weighted by Crippen LogP contribution is 2.26. The molecule has 26 heavy (non-hydrogen) atoms. The van der Waals surface area contributed by atoms with E-state index in [4.69, 9.17) is 0 Å². The van der Waals surface area contributed by atoms with E-state index in [-0.39, 0.29) is 35.3 Å². The first-order valence-corrected chi connectivity index (χ1v) is 10.5. The molecule has 1 aliphatic heterocycles. The van der Waals surface area contributed by atoms with Crippen LogP contribution in [0.15, 0.2) is 29.2 Å². The van der Waals surface area contributed by atoms with Gasteiger partial charge in [-0.2, -0.15) is 4.31 Å². The summed E-state index contributed by atoms with van der Waals surface area (Å²) in [6.07, 6.45) is 6.12. The minimum absolute atomic E-state index is 0. The monoisotopic (exact) mass is 401 g/mol.